The largest absolute Gasteiger partial charge is 0.310 e. The number of nitrogens with zero attached hydrogens (tertiary/aromatic N) is 1. The first-order valence-corrected chi connectivity index (χ1v) is 8.42. The molecule has 6 heteroatoms. The van der Waals surface area contributed by atoms with Crippen LogP contribution >= 0.6 is 0 Å². The van der Waals surface area contributed by atoms with Gasteiger partial charge in [0.05, 0.1) is 0 Å². The van der Waals surface area contributed by atoms with Crippen molar-refractivity contribution in [2.45, 2.75) is 49.2 Å². The predicted octanol–water partition coefficient (Wildman–Crippen LogP) is 1.86. The molecule has 2 aliphatic rings. The Morgan fingerprint density at radius 1 is 1.30 bits per heavy atom. The Morgan fingerprint density at radius 2 is 2.00 bits per heavy atom. The van der Waals surface area contributed by atoms with Gasteiger partial charge in [0, 0.05) is 25.7 Å². The van der Waals surface area contributed by atoms with Gasteiger partial charge in [0.2, 0.25) is 10.0 Å². The van der Waals surface area contributed by atoms with Crippen LogP contribution in [0.2, 0.25) is 0 Å². The van der Waals surface area contributed by atoms with Gasteiger partial charge in [-0.1, -0.05) is 6.07 Å². The Labute approximate surface area is 119 Å². The maximum absolute atomic E-state index is 13.9. The van der Waals surface area contributed by atoms with Crippen LogP contribution in [0.3, 0.4) is 0 Å². The van der Waals surface area contributed by atoms with Gasteiger partial charge in [-0.15, -0.1) is 0 Å². The second-order valence-corrected chi connectivity index (χ2v) is 7.64. The van der Waals surface area contributed by atoms with Crippen molar-refractivity contribution >= 4 is 10.0 Å². The number of nitrogens with one attached hydrogen (secondary N) is 1. The van der Waals surface area contributed by atoms with Gasteiger partial charge in [-0.25, -0.2) is 12.8 Å². The van der Waals surface area contributed by atoms with Gasteiger partial charge >= 0.3 is 0 Å². The van der Waals surface area contributed by atoms with Crippen LogP contribution in [-0.2, 0) is 16.6 Å². The molecule has 0 spiro atoms. The fraction of sp³-hybridized carbons (Fsp3) is 0.571. The van der Waals surface area contributed by atoms with Gasteiger partial charge in [0.25, 0.3) is 0 Å². The summed E-state index contributed by atoms with van der Waals surface area (Å²) in [7, 11) is -2.19. The molecule has 0 saturated heterocycles. The smallest absolute Gasteiger partial charge is 0.245 e. The first kappa shape index (κ1) is 14.0. The average molecular weight is 298 g/mol. The summed E-state index contributed by atoms with van der Waals surface area (Å²) < 4.78 is 40.0. The molecule has 1 N–H and O–H groups in total. The monoisotopic (exact) mass is 298 g/mol. The molecule has 2 fully saturated rings. The molecule has 2 aliphatic carbocycles. The topological polar surface area (TPSA) is 49.4 Å². The summed E-state index contributed by atoms with van der Waals surface area (Å²) in [6.45, 7) is 0.584. The van der Waals surface area contributed by atoms with E-state index in [1.165, 1.54) is 23.5 Å². The molecule has 1 aromatic rings. The van der Waals surface area contributed by atoms with Crippen LogP contribution in [0.5, 0.6) is 0 Å². The number of benzene rings is 1. The Kier molecular flexibility index (Phi) is 3.56. The minimum absolute atomic E-state index is 0.0349. The normalized spacial score (nSPS) is 19.6. The lowest BCUT2D eigenvalue weighted by atomic mass is 10.2. The van der Waals surface area contributed by atoms with Crippen molar-refractivity contribution in [2.75, 3.05) is 7.05 Å². The van der Waals surface area contributed by atoms with Crippen molar-refractivity contribution in [3.8, 4) is 0 Å². The van der Waals surface area contributed by atoms with Crippen molar-refractivity contribution in [1.82, 2.24) is 9.62 Å². The summed E-state index contributed by atoms with van der Waals surface area (Å²) in [6, 6.07) is 4.92. The fourth-order valence-corrected chi connectivity index (χ4v) is 3.72. The van der Waals surface area contributed by atoms with Crippen LogP contribution in [-0.4, -0.2) is 31.9 Å². The molecule has 2 saturated carbocycles. The Hall–Kier alpha value is -0.980. The summed E-state index contributed by atoms with van der Waals surface area (Å²) in [5.41, 5.74) is 0.807. The second kappa shape index (κ2) is 5.09. The van der Waals surface area contributed by atoms with E-state index < -0.39 is 15.8 Å². The molecule has 0 aromatic heterocycles. The van der Waals surface area contributed by atoms with Crippen molar-refractivity contribution in [2.24, 2.45) is 0 Å². The molecule has 20 heavy (non-hydrogen) atoms. The highest BCUT2D eigenvalue weighted by Gasteiger charge is 2.36. The van der Waals surface area contributed by atoms with E-state index >= 15 is 0 Å². The SMILES string of the molecule is CN(C1CC1)S(=O)(=O)c1cc(CNC2CC2)ccc1F. The van der Waals surface area contributed by atoms with Crippen LogP contribution in [0.15, 0.2) is 23.1 Å². The first-order valence-electron chi connectivity index (χ1n) is 6.98. The summed E-state index contributed by atoms with van der Waals surface area (Å²) in [5, 5.41) is 3.30. The fourth-order valence-electron chi connectivity index (χ4n) is 2.19. The zero-order chi connectivity index (χ0) is 14.3. The Morgan fingerprint density at radius 3 is 2.60 bits per heavy atom. The van der Waals surface area contributed by atoms with Gasteiger partial charge in [0.15, 0.2) is 0 Å². The van der Waals surface area contributed by atoms with Crippen molar-refractivity contribution in [3.05, 3.63) is 29.6 Å². The van der Waals surface area contributed by atoms with E-state index in [1.807, 2.05) is 0 Å². The number of sulfonamides is 1. The van der Waals surface area contributed by atoms with Gasteiger partial charge in [-0.2, -0.15) is 4.31 Å². The molecule has 3 rings (SSSR count). The molecule has 0 aliphatic heterocycles. The highest BCUT2D eigenvalue weighted by atomic mass is 32.2. The quantitative estimate of drug-likeness (QED) is 0.872. The van der Waals surface area contributed by atoms with Crippen molar-refractivity contribution in [1.29, 1.82) is 0 Å². The van der Waals surface area contributed by atoms with Crippen LogP contribution < -0.4 is 5.32 Å². The van der Waals surface area contributed by atoms with E-state index in [0.717, 1.165) is 31.2 Å². The van der Waals surface area contributed by atoms with E-state index in [-0.39, 0.29) is 10.9 Å². The van der Waals surface area contributed by atoms with Crippen molar-refractivity contribution in [3.63, 3.8) is 0 Å². The molecule has 1 aromatic carbocycles. The summed E-state index contributed by atoms with van der Waals surface area (Å²) >= 11 is 0. The number of hydrogen-bond donors (Lipinski definition) is 1. The minimum atomic E-state index is -3.72. The molecule has 110 valence electrons. The zero-order valence-electron chi connectivity index (χ0n) is 11.5. The Balaban J connectivity index is 1.84. The number of rotatable bonds is 6. The standard InChI is InChI=1S/C14H19FN2O2S/c1-17(12-5-6-12)20(18,19)14-8-10(2-7-13(14)15)9-16-11-3-4-11/h2,7-8,11-12,16H,3-6,9H2,1H3. The highest BCUT2D eigenvalue weighted by molar-refractivity contribution is 7.89. The van der Waals surface area contributed by atoms with Crippen molar-refractivity contribution < 1.29 is 12.8 Å². The lowest BCUT2D eigenvalue weighted by Gasteiger charge is -2.17. The second-order valence-electron chi connectivity index (χ2n) is 5.67. The molecule has 0 atom stereocenters. The van der Waals surface area contributed by atoms with Gasteiger partial charge in [-0.05, 0) is 43.4 Å². The van der Waals surface area contributed by atoms with E-state index in [2.05, 4.69) is 5.32 Å². The summed E-state index contributed by atoms with van der Waals surface area (Å²) in [6.07, 6.45) is 4.05. The van der Waals surface area contributed by atoms with E-state index in [0.29, 0.717) is 12.6 Å². The first-order chi connectivity index (χ1) is 9.48. The molecule has 0 unspecified atom stereocenters. The number of hydrogen-bond acceptors (Lipinski definition) is 3. The molecular weight excluding hydrogens is 279 g/mol. The molecule has 4 nitrogen and oxygen atoms in total. The maximum Gasteiger partial charge on any atom is 0.245 e. The molecule has 0 bridgehead atoms. The third kappa shape index (κ3) is 2.87. The Bertz CT molecular complexity index is 610. The van der Waals surface area contributed by atoms with Crippen LogP contribution in [0.1, 0.15) is 31.2 Å². The maximum atomic E-state index is 13.9. The van der Waals surface area contributed by atoms with Gasteiger partial charge in [-0.3, -0.25) is 0 Å². The zero-order valence-corrected chi connectivity index (χ0v) is 12.3. The average Bonchev–Trinajstić information content (AvgIpc) is 3.29. The predicted molar refractivity (Wildman–Crippen MR) is 74.2 cm³/mol. The lowest BCUT2D eigenvalue weighted by molar-refractivity contribution is 0.457. The summed E-state index contributed by atoms with van der Waals surface area (Å²) in [4.78, 5) is -0.206. The van der Waals surface area contributed by atoms with Crippen LogP contribution in [0, 0.1) is 5.82 Å². The molecule has 0 radical (unpaired) electrons. The number of halogens is 1. The van der Waals surface area contributed by atoms with E-state index in [9.17, 15) is 12.8 Å². The van der Waals surface area contributed by atoms with Crippen LogP contribution in [0.25, 0.3) is 0 Å². The highest BCUT2D eigenvalue weighted by Crippen LogP contribution is 2.31. The van der Waals surface area contributed by atoms with Gasteiger partial charge in [0.1, 0.15) is 10.7 Å². The molecule has 0 heterocycles. The van der Waals surface area contributed by atoms with Crippen LogP contribution in [0.4, 0.5) is 4.39 Å². The molecule has 0 amide bonds. The van der Waals surface area contributed by atoms with E-state index in [1.54, 1.807) is 6.07 Å². The summed E-state index contributed by atoms with van der Waals surface area (Å²) in [5.74, 6) is -0.673. The van der Waals surface area contributed by atoms with Gasteiger partial charge < -0.3 is 5.32 Å². The third-order valence-corrected chi connectivity index (χ3v) is 5.81. The third-order valence-electron chi connectivity index (χ3n) is 3.89. The molecular formula is C14H19FN2O2S. The van der Waals surface area contributed by atoms with E-state index in [4.69, 9.17) is 0 Å². The lowest BCUT2D eigenvalue weighted by Crippen LogP contribution is -2.29. The minimum Gasteiger partial charge on any atom is -0.310 e.